The highest BCUT2D eigenvalue weighted by atomic mass is 16.1. The number of hydrogen-bond donors (Lipinski definition) is 1. The highest BCUT2D eigenvalue weighted by molar-refractivity contribution is 5.93. The van der Waals surface area contributed by atoms with Gasteiger partial charge < -0.3 is 5.32 Å². The van der Waals surface area contributed by atoms with Gasteiger partial charge in [0.1, 0.15) is 0 Å². The molecule has 5 atom stereocenters. The molecule has 1 aromatic rings. The first-order valence-corrected chi connectivity index (χ1v) is 14.1. The van der Waals surface area contributed by atoms with E-state index in [1.807, 2.05) is 13.0 Å². The Hall–Kier alpha value is -2.11. The molecule has 186 valence electrons. The van der Waals surface area contributed by atoms with Crippen molar-refractivity contribution in [2.45, 2.75) is 91.0 Å². The number of hydrogen-bond acceptors (Lipinski definition) is 2. The van der Waals surface area contributed by atoms with Gasteiger partial charge in [-0.3, -0.25) is 4.79 Å². The average molecular weight is 470 g/mol. The van der Waals surface area contributed by atoms with Gasteiger partial charge in [-0.1, -0.05) is 55.7 Å². The largest absolute Gasteiger partial charge is 0.307 e. The summed E-state index contributed by atoms with van der Waals surface area (Å²) in [6.07, 6.45) is 11.9. The second kappa shape index (κ2) is 9.74. The summed E-state index contributed by atoms with van der Waals surface area (Å²) in [5, 5.41) is 4.18. The van der Waals surface area contributed by atoms with Crippen LogP contribution in [0.4, 0.5) is 0 Å². The average Bonchev–Trinajstić information content (AvgIpc) is 3.24. The molecule has 2 heteroatoms. The van der Waals surface area contributed by atoms with Gasteiger partial charge in [-0.05, 0) is 112 Å². The second-order valence-electron chi connectivity index (χ2n) is 12.1. The van der Waals surface area contributed by atoms with Crippen LogP contribution in [-0.2, 0) is 10.3 Å². The highest BCUT2D eigenvalue weighted by Gasteiger charge is 2.64. The van der Waals surface area contributed by atoms with Crippen LogP contribution in [0.5, 0.6) is 0 Å². The molecular formula is C33H43NO. The van der Waals surface area contributed by atoms with Crippen molar-refractivity contribution in [3.63, 3.8) is 0 Å². The summed E-state index contributed by atoms with van der Waals surface area (Å²) in [5.74, 6) is 9.83. The van der Waals surface area contributed by atoms with Gasteiger partial charge >= 0.3 is 0 Å². The molecule has 0 amide bonds. The van der Waals surface area contributed by atoms with Gasteiger partial charge in [-0.25, -0.2) is 0 Å². The lowest BCUT2D eigenvalue weighted by Crippen LogP contribution is -2.61. The van der Waals surface area contributed by atoms with Crippen LogP contribution in [0.25, 0.3) is 0 Å². The molecule has 35 heavy (non-hydrogen) atoms. The van der Waals surface area contributed by atoms with E-state index < -0.39 is 0 Å². The predicted molar refractivity (Wildman–Crippen MR) is 145 cm³/mol. The molecule has 2 fully saturated rings. The van der Waals surface area contributed by atoms with E-state index in [0.717, 1.165) is 25.8 Å². The van der Waals surface area contributed by atoms with E-state index >= 15 is 0 Å². The van der Waals surface area contributed by atoms with E-state index in [2.05, 4.69) is 68.3 Å². The summed E-state index contributed by atoms with van der Waals surface area (Å²) in [6.45, 7) is 10.2. The first-order chi connectivity index (χ1) is 16.9. The van der Waals surface area contributed by atoms with Crippen LogP contribution in [-0.4, -0.2) is 12.3 Å². The molecule has 0 aliphatic heterocycles. The van der Waals surface area contributed by atoms with Crippen molar-refractivity contribution in [1.82, 2.24) is 5.32 Å². The number of carbonyl (C=O) groups is 1. The number of fused-ring (bicyclic) bond motifs is 4. The summed E-state index contributed by atoms with van der Waals surface area (Å²) in [5.41, 5.74) is 6.06. The van der Waals surface area contributed by atoms with Gasteiger partial charge in [0.05, 0.1) is 0 Å². The molecule has 0 spiro atoms. The fourth-order valence-corrected chi connectivity index (χ4v) is 8.48. The van der Waals surface area contributed by atoms with E-state index in [-0.39, 0.29) is 11.0 Å². The molecule has 0 radical (unpaired) electrons. The van der Waals surface area contributed by atoms with Crippen LogP contribution < -0.4 is 5.32 Å². The lowest BCUT2D eigenvalue weighted by molar-refractivity contribution is -0.114. The van der Waals surface area contributed by atoms with Crippen molar-refractivity contribution in [1.29, 1.82) is 0 Å². The number of carbonyl (C=O) groups excluding carboxylic acids is 1. The van der Waals surface area contributed by atoms with Crippen LogP contribution >= 0.6 is 0 Å². The van der Waals surface area contributed by atoms with Crippen molar-refractivity contribution in [2.75, 3.05) is 6.54 Å². The minimum atomic E-state index is -0.117. The number of rotatable bonds is 6. The zero-order valence-corrected chi connectivity index (χ0v) is 22.3. The molecule has 0 aromatic heterocycles. The van der Waals surface area contributed by atoms with Crippen LogP contribution in [0.3, 0.4) is 0 Å². The van der Waals surface area contributed by atoms with Crippen molar-refractivity contribution in [3.8, 4) is 11.8 Å². The highest BCUT2D eigenvalue weighted by Crippen LogP contribution is 2.68. The summed E-state index contributed by atoms with van der Waals surface area (Å²) < 4.78 is 0. The molecule has 5 rings (SSSR count). The maximum atomic E-state index is 12.1. The first kappa shape index (κ1) is 24.6. The Morgan fingerprint density at radius 2 is 1.89 bits per heavy atom. The van der Waals surface area contributed by atoms with Gasteiger partial charge in [0.25, 0.3) is 0 Å². The molecule has 1 unspecified atom stereocenters. The minimum Gasteiger partial charge on any atom is -0.307 e. The zero-order chi connectivity index (χ0) is 24.6. The summed E-state index contributed by atoms with van der Waals surface area (Å²) in [4.78, 5) is 12.1. The third-order valence-electron chi connectivity index (χ3n) is 10.0. The number of ketones is 1. The molecule has 0 bridgehead atoms. The van der Waals surface area contributed by atoms with E-state index in [1.165, 1.54) is 43.2 Å². The quantitative estimate of drug-likeness (QED) is 0.441. The van der Waals surface area contributed by atoms with E-state index in [0.29, 0.717) is 35.9 Å². The summed E-state index contributed by atoms with van der Waals surface area (Å²) in [6, 6.07) is 11.3. The van der Waals surface area contributed by atoms with Gasteiger partial charge in [0, 0.05) is 23.3 Å². The molecule has 1 aromatic carbocycles. The Morgan fingerprint density at radius 1 is 1.09 bits per heavy atom. The first-order valence-electron chi connectivity index (χ1n) is 14.1. The van der Waals surface area contributed by atoms with Crippen LogP contribution in [0.15, 0.2) is 53.1 Å². The number of allylic oxidation sites excluding steroid dienone is 4. The monoisotopic (exact) mass is 469 g/mol. The standard InChI is InChI=1S/C33H43NO/c1-5-9-26-13-17-31-30-15-12-24-22-27(35)14-16-28(24)29(30)18-20-33(26,31)32(4,34-21-19-23(2)3)25-10-7-6-8-11-25/h6-8,10-11,22-23,26,30-31,34H,12-21H2,1-4H3/t26-,30-,31+,32?,33+/m1/s1. The normalized spacial score (nSPS) is 31.6. The third kappa shape index (κ3) is 4.05. The smallest absolute Gasteiger partial charge is 0.156 e. The van der Waals surface area contributed by atoms with Crippen molar-refractivity contribution in [3.05, 3.63) is 58.7 Å². The number of benzene rings is 1. The fraction of sp³-hybridized carbons (Fsp3) is 0.606. The molecular weight excluding hydrogens is 426 g/mol. The molecule has 0 heterocycles. The van der Waals surface area contributed by atoms with Crippen molar-refractivity contribution < 1.29 is 4.79 Å². The Bertz CT molecular complexity index is 1080. The summed E-state index contributed by atoms with van der Waals surface area (Å²) in [7, 11) is 0. The SMILES string of the molecule is CC#C[C@@H]1CC[C@H]2[C@@H]3CCC4=CC(=O)CCC4=C3CC[C@]12C(C)(NCCC(C)C)c1ccccc1. The minimum absolute atomic E-state index is 0.117. The maximum absolute atomic E-state index is 12.1. The van der Waals surface area contributed by atoms with E-state index in [1.54, 1.807) is 11.1 Å². The Morgan fingerprint density at radius 3 is 2.63 bits per heavy atom. The van der Waals surface area contributed by atoms with Crippen LogP contribution in [0.1, 0.15) is 91.0 Å². The Balaban J connectivity index is 1.62. The lowest BCUT2D eigenvalue weighted by Gasteiger charge is -2.59. The van der Waals surface area contributed by atoms with Gasteiger partial charge in [0.15, 0.2) is 5.78 Å². The fourth-order valence-electron chi connectivity index (χ4n) is 8.48. The molecule has 1 N–H and O–H groups in total. The van der Waals surface area contributed by atoms with Crippen LogP contribution in [0.2, 0.25) is 0 Å². The Kier molecular flexibility index (Phi) is 6.84. The summed E-state index contributed by atoms with van der Waals surface area (Å²) >= 11 is 0. The van der Waals surface area contributed by atoms with Crippen LogP contribution in [0, 0.1) is 40.9 Å². The van der Waals surface area contributed by atoms with E-state index in [4.69, 9.17) is 0 Å². The van der Waals surface area contributed by atoms with E-state index in [9.17, 15) is 4.79 Å². The molecule has 4 aliphatic rings. The van der Waals surface area contributed by atoms with Crippen molar-refractivity contribution >= 4 is 5.78 Å². The van der Waals surface area contributed by atoms with Gasteiger partial charge in [-0.2, -0.15) is 0 Å². The predicted octanol–water partition coefficient (Wildman–Crippen LogP) is 7.36. The molecule has 2 nitrogen and oxygen atoms in total. The third-order valence-corrected chi connectivity index (χ3v) is 10.0. The topological polar surface area (TPSA) is 29.1 Å². The van der Waals surface area contributed by atoms with Gasteiger partial charge in [-0.15, -0.1) is 5.92 Å². The lowest BCUT2D eigenvalue weighted by atomic mass is 9.48. The molecule has 0 saturated heterocycles. The Labute approximate surface area is 213 Å². The van der Waals surface area contributed by atoms with Crippen molar-refractivity contribution in [2.24, 2.45) is 29.1 Å². The molecule has 2 saturated carbocycles. The molecule has 4 aliphatic carbocycles. The van der Waals surface area contributed by atoms with Gasteiger partial charge in [0.2, 0.25) is 0 Å². The zero-order valence-electron chi connectivity index (χ0n) is 22.3. The number of nitrogens with one attached hydrogen (secondary N) is 1. The second-order valence-corrected chi connectivity index (χ2v) is 12.1. The maximum Gasteiger partial charge on any atom is 0.156 e.